The second-order valence-corrected chi connectivity index (χ2v) is 5.76. The van der Waals surface area contributed by atoms with E-state index >= 15 is 0 Å². The summed E-state index contributed by atoms with van der Waals surface area (Å²) in [5, 5.41) is 12.2. The van der Waals surface area contributed by atoms with Crippen molar-refractivity contribution in [3.63, 3.8) is 0 Å². The van der Waals surface area contributed by atoms with Gasteiger partial charge in [0, 0.05) is 23.4 Å². The number of thioether (sulfide) groups is 1. The fourth-order valence-corrected chi connectivity index (χ4v) is 2.57. The smallest absolute Gasteiger partial charge is 0.371 e. The summed E-state index contributed by atoms with van der Waals surface area (Å²) in [5.41, 5.74) is 0.930. The monoisotopic (exact) mass is 255 g/mol. The highest BCUT2D eigenvalue weighted by Gasteiger charge is 2.41. The maximum absolute atomic E-state index is 10.7. The SMILES string of the molecule is CSC1(CNCc2cc(C(=O)O)oc2C)CC1. The van der Waals surface area contributed by atoms with E-state index in [-0.39, 0.29) is 5.76 Å². The summed E-state index contributed by atoms with van der Waals surface area (Å²) in [7, 11) is 0. The van der Waals surface area contributed by atoms with Crippen molar-refractivity contribution < 1.29 is 14.3 Å². The van der Waals surface area contributed by atoms with Crippen LogP contribution in [0.15, 0.2) is 10.5 Å². The summed E-state index contributed by atoms with van der Waals surface area (Å²) >= 11 is 1.91. The van der Waals surface area contributed by atoms with E-state index in [2.05, 4.69) is 11.6 Å². The Morgan fingerprint density at radius 1 is 1.65 bits per heavy atom. The molecular weight excluding hydrogens is 238 g/mol. The fraction of sp³-hybridized carbons (Fsp3) is 0.583. The number of carboxylic acid groups (broad SMARTS) is 1. The average Bonchev–Trinajstić information content (AvgIpc) is 2.97. The average molecular weight is 255 g/mol. The Hall–Kier alpha value is -0.940. The number of carbonyl (C=O) groups is 1. The number of rotatable bonds is 6. The van der Waals surface area contributed by atoms with Crippen molar-refractivity contribution in [2.75, 3.05) is 12.8 Å². The molecule has 0 aliphatic heterocycles. The van der Waals surface area contributed by atoms with Crippen molar-refractivity contribution in [1.82, 2.24) is 5.32 Å². The first-order chi connectivity index (χ1) is 8.06. The van der Waals surface area contributed by atoms with Crippen molar-refractivity contribution in [3.8, 4) is 0 Å². The molecule has 94 valence electrons. The van der Waals surface area contributed by atoms with Gasteiger partial charge in [-0.2, -0.15) is 11.8 Å². The topological polar surface area (TPSA) is 62.5 Å². The summed E-state index contributed by atoms with van der Waals surface area (Å²) in [6.07, 6.45) is 4.68. The Morgan fingerprint density at radius 2 is 2.35 bits per heavy atom. The molecule has 1 aliphatic rings. The Morgan fingerprint density at radius 3 is 2.82 bits per heavy atom. The second kappa shape index (κ2) is 4.74. The molecule has 5 heteroatoms. The van der Waals surface area contributed by atoms with Crippen LogP contribution in [0.5, 0.6) is 0 Å². The van der Waals surface area contributed by atoms with Crippen LogP contribution in [0.25, 0.3) is 0 Å². The number of aryl methyl sites for hydroxylation is 1. The zero-order valence-corrected chi connectivity index (χ0v) is 10.9. The summed E-state index contributed by atoms with van der Waals surface area (Å²) in [6.45, 7) is 3.44. The predicted molar refractivity (Wildman–Crippen MR) is 67.6 cm³/mol. The Labute approximate surface area is 105 Å². The van der Waals surface area contributed by atoms with Gasteiger partial charge < -0.3 is 14.8 Å². The molecule has 0 atom stereocenters. The third-order valence-corrected chi connectivity index (χ3v) is 4.65. The number of aromatic carboxylic acids is 1. The molecule has 0 spiro atoms. The maximum atomic E-state index is 10.7. The van der Waals surface area contributed by atoms with Crippen LogP contribution in [0.2, 0.25) is 0 Å². The van der Waals surface area contributed by atoms with E-state index in [1.165, 1.54) is 12.8 Å². The standard InChI is InChI=1S/C12H17NO3S/c1-8-9(5-10(16-8)11(14)15)6-13-7-12(17-2)3-4-12/h5,13H,3-4,6-7H2,1-2H3,(H,14,15). The predicted octanol–water partition coefficient (Wildman–Crippen LogP) is 2.27. The second-order valence-electron chi connectivity index (χ2n) is 4.49. The fourth-order valence-electron chi connectivity index (χ4n) is 1.82. The number of hydrogen-bond acceptors (Lipinski definition) is 4. The van der Waals surface area contributed by atoms with Crippen LogP contribution in [0.3, 0.4) is 0 Å². The van der Waals surface area contributed by atoms with Crippen molar-refractivity contribution >= 4 is 17.7 Å². The molecule has 1 heterocycles. The van der Waals surface area contributed by atoms with Gasteiger partial charge in [0.05, 0.1) is 0 Å². The van der Waals surface area contributed by atoms with Crippen molar-refractivity contribution in [2.45, 2.75) is 31.1 Å². The molecule has 0 amide bonds. The van der Waals surface area contributed by atoms with Crippen LogP contribution < -0.4 is 5.32 Å². The quantitative estimate of drug-likeness (QED) is 0.816. The third-order valence-electron chi connectivity index (χ3n) is 3.23. The maximum Gasteiger partial charge on any atom is 0.371 e. The van der Waals surface area contributed by atoms with E-state index in [0.717, 1.165) is 12.1 Å². The first-order valence-corrected chi connectivity index (χ1v) is 6.87. The molecule has 1 aromatic rings. The summed E-state index contributed by atoms with van der Waals surface area (Å²) in [5.74, 6) is -0.309. The van der Waals surface area contributed by atoms with Gasteiger partial charge in [0.25, 0.3) is 0 Å². The van der Waals surface area contributed by atoms with Crippen LogP contribution in [-0.2, 0) is 6.54 Å². The van der Waals surface area contributed by atoms with Gasteiger partial charge in [-0.25, -0.2) is 4.79 Å². The first kappa shape index (κ1) is 12.5. The van der Waals surface area contributed by atoms with Gasteiger partial charge in [-0.05, 0) is 32.1 Å². The van der Waals surface area contributed by atoms with Crippen molar-refractivity contribution in [3.05, 3.63) is 23.2 Å². The van der Waals surface area contributed by atoms with Gasteiger partial charge in [0.1, 0.15) is 5.76 Å². The molecular formula is C12H17NO3S. The van der Waals surface area contributed by atoms with Gasteiger partial charge in [0.15, 0.2) is 0 Å². The van der Waals surface area contributed by atoms with Crippen LogP contribution in [0, 0.1) is 6.92 Å². The van der Waals surface area contributed by atoms with Crippen LogP contribution >= 0.6 is 11.8 Å². The highest BCUT2D eigenvalue weighted by Crippen LogP contribution is 2.46. The van der Waals surface area contributed by atoms with E-state index in [1.54, 1.807) is 13.0 Å². The van der Waals surface area contributed by atoms with E-state index in [9.17, 15) is 4.79 Å². The van der Waals surface area contributed by atoms with E-state index in [0.29, 0.717) is 17.1 Å². The largest absolute Gasteiger partial charge is 0.475 e. The zero-order valence-electron chi connectivity index (χ0n) is 10.1. The number of carboxylic acids is 1. The van der Waals surface area contributed by atoms with E-state index < -0.39 is 5.97 Å². The van der Waals surface area contributed by atoms with E-state index in [4.69, 9.17) is 9.52 Å². The van der Waals surface area contributed by atoms with Gasteiger partial charge in [0.2, 0.25) is 5.76 Å². The zero-order chi connectivity index (χ0) is 12.5. The Bertz CT molecular complexity index is 423. The molecule has 0 bridgehead atoms. The minimum absolute atomic E-state index is 0.0188. The lowest BCUT2D eigenvalue weighted by atomic mass is 10.2. The Balaban J connectivity index is 1.88. The molecule has 0 radical (unpaired) electrons. The summed E-state index contributed by atoms with van der Waals surface area (Å²) < 4.78 is 5.58. The van der Waals surface area contributed by atoms with Gasteiger partial charge in [-0.1, -0.05) is 0 Å². The van der Waals surface area contributed by atoms with Gasteiger partial charge in [-0.15, -0.1) is 0 Å². The van der Waals surface area contributed by atoms with Gasteiger partial charge in [-0.3, -0.25) is 0 Å². The lowest BCUT2D eigenvalue weighted by Gasteiger charge is -2.12. The normalized spacial score (nSPS) is 17.1. The highest BCUT2D eigenvalue weighted by atomic mass is 32.2. The lowest BCUT2D eigenvalue weighted by Crippen LogP contribution is -2.25. The molecule has 4 nitrogen and oxygen atoms in total. The van der Waals surface area contributed by atoms with Gasteiger partial charge >= 0.3 is 5.97 Å². The van der Waals surface area contributed by atoms with Crippen molar-refractivity contribution in [2.24, 2.45) is 0 Å². The van der Waals surface area contributed by atoms with Crippen molar-refractivity contribution in [1.29, 1.82) is 0 Å². The molecule has 0 saturated heterocycles. The first-order valence-electron chi connectivity index (χ1n) is 5.65. The molecule has 17 heavy (non-hydrogen) atoms. The number of furan rings is 1. The van der Waals surface area contributed by atoms with Crippen LogP contribution in [-0.4, -0.2) is 28.6 Å². The molecule has 1 aromatic heterocycles. The molecule has 2 rings (SSSR count). The molecule has 0 unspecified atom stereocenters. The molecule has 1 fully saturated rings. The number of nitrogens with one attached hydrogen (secondary N) is 1. The highest BCUT2D eigenvalue weighted by molar-refractivity contribution is 8.00. The Kier molecular flexibility index (Phi) is 3.49. The van der Waals surface area contributed by atoms with E-state index in [1.807, 2.05) is 11.8 Å². The minimum Gasteiger partial charge on any atom is -0.475 e. The van der Waals surface area contributed by atoms with Crippen LogP contribution in [0.1, 0.15) is 34.7 Å². The summed E-state index contributed by atoms with van der Waals surface area (Å²) in [6, 6.07) is 1.60. The number of hydrogen-bond donors (Lipinski definition) is 2. The summed E-state index contributed by atoms with van der Waals surface area (Å²) in [4.78, 5) is 10.7. The lowest BCUT2D eigenvalue weighted by molar-refractivity contribution is 0.0661. The third kappa shape index (κ3) is 2.84. The van der Waals surface area contributed by atoms with Crippen LogP contribution in [0.4, 0.5) is 0 Å². The minimum atomic E-state index is -1.01. The molecule has 0 aromatic carbocycles. The molecule has 2 N–H and O–H groups in total. The molecule has 1 aliphatic carbocycles. The molecule has 1 saturated carbocycles.